The first kappa shape index (κ1) is 19.9. The number of rotatable bonds is 6. The summed E-state index contributed by atoms with van der Waals surface area (Å²) in [6, 6.07) is 8.80. The van der Waals surface area contributed by atoms with Crippen LogP contribution >= 0.6 is 0 Å². The van der Waals surface area contributed by atoms with E-state index in [2.05, 4.69) is 20.3 Å². The number of nitrogens with one attached hydrogen (secondary N) is 1. The zero-order valence-corrected chi connectivity index (χ0v) is 16.5. The van der Waals surface area contributed by atoms with Crippen LogP contribution in [0.3, 0.4) is 0 Å². The number of benzene rings is 1. The Labute approximate surface area is 172 Å². The van der Waals surface area contributed by atoms with Crippen LogP contribution < -0.4 is 10.1 Å². The molecule has 2 aromatic heterocycles. The van der Waals surface area contributed by atoms with Gasteiger partial charge in [0.15, 0.2) is 5.75 Å². The highest BCUT2D eigenvalue weighted by Crippen LogP contribution is 2.55. The molecule has 1 fully saturated rings. The van der Waals surface area contributed by atoms with Gasteiger partial charge in [-0.25, -0.2) is 19.3 Å². The summed E-state index contributed by atoms with van der Waals surface area (Å²) in [6.07, 6.45) is 3.34. The van der Waals surface area contributed by atoms with E-state index in [0.717, 1.165) is 0 Å². The van der Waals surface area contributed by atoms with E-state index < -0.39 is 17.3 Å². The molecule has 0 saturated heterocycles. The van der Waals surface area contributed by atoms with E-state index in [1.54, 1.807) is 25.3 Å². The Morgan fingerprint density at radius 3 is 2.73 bits per heavy atom. The summed E-state index contributed by atoms with van der Waals surface area (Å²) in [4.78, 5) is 24.8. The number of amides is 1. The third-order valence-electron chi connectivity index (χ3n) is 5.33. The predicted octanol–water partition coefficient (Wildman–Crippen LogP) is 3.74. The molecular formula is C22H20F2N4O2. The van der Waals surface area contributed by atoms with Gasteiger partial charge in [-0.3, -0.25) is 4.79 Å². The van der Waals surface area contributed by atoms with E-state index in [0.29, 0.717) is 34.9 Å². The lowest BCUT2D eigenvalue weighted by Crippen LogP contribution is -2.27. The van der Waals surface area contributed by atoms with E-state index in [9.17, 15) is 13.6 Å². The van der Waals surface area contributed by atoms with Gasteiger partial charge in [0.05, 0.1) is 36.3 Å². The molecule has 154 valence electrons. The fraction of sp³-hybridized carbons (Fsp3) is 0.273. The summed E-state index contributed by atoms with van der Waals surface area (Å²) in [7, 11) is 0. The van der Waals surface area contributed by atoms with Crippen molar-refractivity contribution in [3.05, 3.63) is 77.6 Å². The van der Waals surface area contributed by atoms with Crippen LogP contribution in [-0.2, 0) is 10.2 Å². The maximum atomic E-state index is 13.9. The minimum absolute atomic E-state index is 0.170. The summed E-state index contributed by atoms with van der Waals surface area (Å²) in [5.74, 6) is -0.543. The Hall–Kier alpha value is -3.42. The predicted molar refractivity (Wildman–Crippen MR) is 106 cm³/mol. The van der Waals surface area contributed by atoms with Crippen LogP contribution in [0.2, 0.25) is 0 Å². The topological polar surface area (TPSA) is 77.0 Å². The van der Waals surface area contributed by atoms with Gasteiger partial charge in [0.1, 0.15) is 11.6 Å². The van der Waals surface area contributed by atoms with Gasteiger partial charge in [0.25, 0.3) is 0 Å². The Morgan fingerprint density at radius 2 is 2.03 bits per heavy atom. The Bertz CT molecular complexity index is 1090. The van der Waals surface area contributed by atoms with E-state index in [1.807, 2.05) is 6.92 Å². The van der Waals surface area contributed by atoms with Crippen molar-refractivity contribution in [2.24, 2.45) is 5.92 Å². The second-order valence-corrected chi connectivity index (χ2v) is 7.44. The molecule has 1 N–H and O–H groups in total. The molecule has 3 aromatic rings. The molecule has 30 heavy (non-hydrogen) atoms. The molecule has 8 heteroatoms. The lowest BCUT2D eigenvalue weighted by molar-refractivity contribution is -0.117. The van der Waals surface area contributed by atoms with Crippen molar-refractivity contribution in [2.45, 2.75) is 25.7 Å². The van der Waals surface area contributed by atoms with Crippen molar-refractivity contribution >= 4 is 11.6 Å². The Kier molecular flexibility index (Phi) is 5.15. The highest BCUT2D eigenvalue weighted by molar-refractivity contribution is 5.96. The van der Waals surface area contributed by atoms with Crippen LogP contribution in [0, 0.1) is 31.5 Å². The molecule has 0 bridgehead atoms. The quantitative estimate of drug-likeness (QED) is 0.627. The maximum Gasteiger partial charge on any atom is 0.228 e. The average molecular weight is 410 g/mol. The van der Waals surface area contributed by atoms with Crippen LogP contribution in [0.1, 0.15) is 23.5 Å². The molecule has 1 amide bonds. The van der Waals surface area contributed by atoms with Crippen LogP contribution in [0.5, 0.6) is 5.75 Å². The van der Waals surface area contributed by atoms with E-state index in [-0.39, 0.29) is 18.3 Å². The number of ether oxygens (including phenoxy) is 1. The number of carbonyl (C=O) groups is 1. The molecule has 0 spiro atoms. The molecule has 0 radical (unpaired) electrons. The normalized spacial score (nSPS) is 19.9. The van der Waals surface area contributed by atoms with Crippen LogP contribution in [0.25, 0.3) is 0 Å². The summed E-state index contributed by atoms with van der Waals surface area (Å²) in [5.41, 5.74) is 1.09. The molecule has 1 aliphatic rings. The first-order valence-corrected chi connectivity index (χ1v) is 9.49. The molecule has 6 nitrogen and oxygen atoms in total. The highest BCUT2D eigenvalue weighted by Gasteiger charge is 2.60. The number of pyridine rings is 1. The van der Waals surface area contributed by atoms with Gasteiger partial charge in [-0.15, -0.1) is 0 Å². The summed E-state index contributed by atoms with van der Waals surface area (Å²) in [5, 5.41) is 2.75. The smallest absolute Gasteiger partial charge is 0.228 e. The van der Waals surface area contributed by atoms with Crippen LogP contribution in [0.4, 0.5) is 14.5 Å². The molecular weight excluding hydrogens is 390 g/mol. The van der Waals surface area contributed by atoms with Crippen molar-refractivity contribution in [2.75, 3.05) is 11.9 Å². The SMILES string of the molecule is Cc1ncc(OC[C@@]2(c3cccc(F)c3)CC2C(=O)Nc2ccc(F)nc2)c(C)n1. The monoisotopic (exact) mass is 410 g/mol. The van der Waals surface area contributed by atoms with Crippen LogP contribution in [-0.4, -0.2) is 27.5 Å². The van der Waals surface area contributed by atoms with Crippen molar-refractivity contribution in [1.29, 1.82) is 0 Å². The van der Waals surface area contributed by atoms with E-state index >= 15 is 0 Å². The second kappa shape index (κ2) is 7.78. The number of aryl methyl sites for hydroxylation is 2. The number of nitrogens with zero attached hydrogens (tertiary/aromatic N) is 3. The summed E-state index contributed by atoms with van der Waals surface area (Å²) in [6.45, 7) is 3.78. The molecule has 1 saturated carbocycles. The van der Waals surface area contributed by atoms with Gasteiger partial charge >= 0.3 is 0 Å². The molecule has 0 aliphatic heterocycles. The molecule has 1 aliphatic carbocycles. The number of aromatic nitrogens is 3. The molecule has 2 atom stereocenters. The second-order valence-electron chi connectivity index (χ2n) is 7.44. The van der Waals surface area contributed by atoms with Crippen molar-refractivity contribution in [3.63, 3.8) is 0 Å². The Morgan fingerprint density at radius 1 is 1.20 bits per heavy atom. The molecule has 1 aromatic carbocycles. The lowest BCUT2D eigenvalue weighted by atomic mass is 9.93. The van der Waals surface area contributed by atoms with Gasteiger partial charge in [0, 0.05) is 5.41 Å². The number of halogens is 2. The van der Waals surface area contributed by atoms with Gasteiger partial charge in [-0.05, 0) is 50.1 Å². The van der Waals surface area contributed by atoms with Crippen molar-refractivity contribution < 1.29 is 18.3 Å². The van der Waals surface area contributed by atoms with Crippen molar-refractivity contribution in [3.8, 4) is 5.75 Å². The summed E-state index contributed by atoms with van der Waals surface area (Å²) < 4.78 is 32.9. The third-order valence-corrected chi connectivity index (χ3v) is 5.33. The number of hydrogen-bond donors (Lipinski definition) is 1. The van der Waals surface area contributed by atoms with Gasteiger partial charge in [0.2, 0.25) is 11.9 Å². The fourth-order valence-electron chi connectivity index (χ4n) is 3.61. The van der Waals surface area contributed by atoms with Gasteiger partial charge in [-0.1, -0.05) is 12.1 Å². The minimum atomic E-state index is -0.684. The fourth-order valence-corrected chi connectivity index (χ4v) is 3.61. The van der Waals surface area contributed by atoms with E-state index in [1.165, 1.54) is 30.5 Å². The number of hydrogen-bond acceptors (Lipinski definition) is 5. The minimum Gasteiger partial charge on any atom is -0.489 e. The standard InChI is InChI=1S/C22H20F2N4O2/c1-13-19(11-25-14(2)27-13)30-12-22(15-4-3-5-16(23)8-15)9-18(22)21(29)28-17-6-7-20(24)26-10-17/h3-8,10-11,18H,9,12H2,1-2H3,(H,28,29)/t18?,22-/m1/s1. The number of carbonyl (C=O) groups excluding carboxylic acids is 1. The first-order valence-electron chi connectivity index (χ1n) is 9.49. The van der Waals surface area contributed by atoms with Crippen LogP contribution in [0.15, 0.2) is 48.8 Å². The van der Waals surface area contributed by atoms with E-state index in [4.69, 9.17) is 4.74 Å². The zero-order chi connectivity index (χ0) is 21.3. The number of anilines is 1. The third kappa shape index (κ3) is 3.98. The molecule has 4 rings (SSSR count). The van der Waals surface area contributed by atoms with Crippen molar-refractivity contribution in [1.82, 2.24) is 15.0 Å². The van der Waals surface area contributed by atoms with Gasteiger partial charge < -0.3 is 10.1 Å². The summed E-state index contributed by atoms with van der Waals surface area (Å²) >= 11 is 0. The largest absolute Gasteiger partial charge is 0.489 e. The maximum absolute atomic E-state index is 13.9. The lowest BCUT2D eigenvalue weighted by Gasteiger charge is -2.20. The average Bonchev–Trinajstić information content (AvgIpc) is 3.45. The Balaban J connectivity index is 1.56. The molecule has 2 heterocycles. The highest BCUT2D eigenvalue weighted by atomic mass is 19.1. The first-order chi connectivity index (χ1) is 14.4. The molecule has 1 unspecified atom stereocenters. The zero-order valence-electron chi connectivity index (χ0n) is 16.5. The van der Waals surface area contributed by atoms with Gasteiger partial charge in [-0.2, -0.15) is 4.39 Å².